The van der Waals surface area contributed by atoms with Crippen LogP contribution in [0.4, 0.5) is 0 Å². The van der Waals surface area contributed by atoms with E-state index in [2.05, 4.69) is 5.32 Å². The molecular weight excluding hydrogens is 334 g/mol. The number of rotatable bonds is 6. The molecule has 0 unspecified atom stereocenters. The SMILES string of the molecule is CCCNC(=O)[C@@H](C)OC(=O)/C=C/c1cc(Cl)c2c(c1)OCCO2. The van der Waals surface area contributed by atoms with Crippen molar-refractivity contribution in [2.24, 2.45) is 0 Å². The van der Waals surface area contributed by atoms with Crippen molar-refractivity contribution >= 4 is 29.6 Å². The van der Waals surface area contributed by atoms with Gasteiger partial charge in [-0.3, -0.25) is 4.79 Å². The fourth-order valence-corrected chi connectivity index (χ4v) is 2.32. The third-order valence-electron chi connectivity index (χ3n) is 3.24. The van der Waals surface area contributed by atoms with Crippen LogP contribution in [-0.2, 0) is 14.3 Å². The molecule has 0 spiro atoms. The normalized spacial score (nSPS) is 14.3. The van der Waals surface area contributed by atoms with Gasteiger partial charge in [-0.05, 0) is 37.1 Å². The van der Waals surface area contributed by atoms with E-state index in [0.717, 1.165) is 6.42 Å². The van der Waals surface area contributed by atoms with Gasteiger partial charge in [-0.15, -0.1) is 0 Å². The van der Waals surface area contributed by atoms with Crippen LogP contribution in [0.5, 0.6) is 11.5 Å². The van der Waals surface area contributed by atoms with Crippen LogP contribution >= 0.6 is 11.6 Å². The Kier molecular flexibility index (Phi) is 6.49. The van der Waals surface area contributed by atoms with Crippen LogP contribution in [-0.4, -0.2) is 37.7 Å². The second-order valence-electron chi connectivity index (χ2n) is 5.23. The van der Waals surface area contributed by atoms with E-state index in [-0.39, 0.29) is 5.91 Å². The highest BCUT2D eigenvalue weighted by Gasteiger charge is 2.17. The average molecular weight is 354 g/mol. The number of nitrogens with one attached hydrogen (secondary N) is 1. The lowest BCUT2D eigenvalue weighted by molar-refractivity contribution is -0.150. The van der Waals surface area contributed by atoms with Crippen molar-refractivity contribution in [3.8, 4) is 11.5 Å². The fourth-order valence-electron chi connectivity index (χ4n) is 2.05. The molecule has 0 radical (unpaired) electrons. The molecule has 6 nitrogen and oxygen atoms in total. The first-order valence-corrected chi connectivity index (χ1v) is 8.14. The van der Waals surface area contributed by atoms with Crippen LogP contribution in [0.2, 0.25) is 5.02 Å². The van der Waals surface area contributed by atoms with E-state index < -0.39 is 12.1 Å². The molecule has 1 aromatic rings. The van der Waals surface area contributed by atoms with Crippen LogP contribution in [0, 0.1) is 0 Å². The van der Waals surface area contributed by atoms with Gasteiger partial charge in [0, 0.05) is 12.6 Å². The van der Waals surface area contributed by atoms with Crippen LogP contribution in [0.1, 0.15) is 25.8 Å². The molecular formula is C17H20ClNO5. The minimum atomic E-state index is -0.849. The van der Waals surface area contributed by atoms with E-state index in [9.17, 15) is 9.59 Å². The highest BCUT2D eigenvalue weighted by molar-refractivity contribution is 6.32. The first-order chi connectivity index (χ1) is 11.5. The molecule has 7 heteroatoms. The summed E-state index contributed by atoms with van der Waals surface area (Å²) in [5.41, 5.74) is 0.671. The van der Waals surface area contributed by atoms with E-state index in [1.807, 2.05) is 6.92 Å². The van der Waals surface area contributed by atoms with Gasteiger partial charge >= 0.3 is 5.97 Å². The van der Waals surface area contributed by atoms with Crippen molar-refractivity contribution in [1.82, 2.24) is 5.32 Å². The number of hydrogen-bond acceptors (Lipinski definition) is 5. The quantitative estimate of drug-likeness (QED) is 0.628. The highest BCUT2D eigenvalue weighted by atomic mass is 35.5. The Balaban J connectivity index is 1.96. The number of carbonyl (C=O) groups excluding carboxylic acids is 2. The largest absolute Gasteiger partial charge is 0.486 e. The van der Waals surface area contributed by atoms with E-state index in [1.54, 1.807) is 18.2 Å². The molecule has 0 aromatic heterocycles. The maximum atomic E-state index is 11.8. The Morgan fingerprint density at radius 1 is 1.38 bits per heavy atom. The minimum absolute atomic E-state index is 0.319. The summed E-state index contributed by atoms with van der Waals surface area (Å²) in [6, 6.07) is 3.39. The molecule has 1 aliphatic rings. The topological polar surface area (TPSA) is 73.9 Å². The van der Waals surface area contributed by atoms with Gasteiger partial charge in [0.15, 0.2) is 17.6 Å². The second kappa shape index (κ2) is 8.59. The van der Waals surface area contributed by atoms with Crippen LogP contribution in [0.3, 0.4) is 0 Å². The first-order valence-electron chi connectivity index (χ1n) is 7.76. The minimum Gasteiger partial charge on any atom is -0.486 e. The summed E-state index contributed by atoms with van der Waals surface area (Å²) < 4.78 is 15.9. The first kappa shape index (κ1) is 18.1. The van der Waals surface area contributed by atoms with Crippen molar-refractivity contribution in [2.75, 3.05) is 19.8 Å². The van der Waals surface area contributed by atoms with Gasteiger partial charge in [0.25, 0.3) is 5.91 Å². The van der Waals surface area contributed by atoms with Gasteiger partial charge in [0.1, 0.15) is 13.2 Å². The van der Waals surface area contributed by atoms with Crippen molar-refractivity contribution < 1.29 is 23.8 Å². The molecule has 1 amide bonds. The van der Waals surface area contributed by atoms with Gasteiger partial charge < -0.3 is 19.5 Å². The molecule has 1 N–H and O–H groups in total. The number of halogens is 1. The Morgan fingerprint density at radius 3 is 2.88 bits per heavy atom. The summed E-state index contributed by atoms with van der Waals surface area (Å²) >= 11 is 6.13. The van der Waals surface area contributed by atoms with Gasteiger partial charge in [-0.1, -0.05) is 18.5 Å². The summed E-state index contributed by atoms with van der Waals surface area (Å²) in [6.45, 7) is 4.91. The lowest BCUT2D eigenvalue weighted by Gasteiger charge is -2.19. The Labute approximate surface area is 145 Å². The number of benzene rings is 1. The van der Waals surface area contributed by atoms with Gasteiger partial charge in [0.05, 0.1) is 5.02 Å². The number of carbonyl (C=O) groups is 2. The zero-order chi connectivity index (χ0) is 17.5. The van der Waals surface area contributed by atoms with Crippen molar-refractivity contribution in [1.29, 1.82) is 0 Å². The zero-order valence-electron chi connectivity index (χ0n) is 13.6. The molecule has 24 heavy (non-hydrogen) atoms. The highest BCUT2D eigenvalue weighted by Crippen LogP contribution is 2.38. The summed E-state index contributed by atoms with van der Waals surface area (Å²) in [5.74, 6) is 0.110. The van der Waals surface area contributed by atoms with E-state index in [1.165, 1.54) is 13.0 Å². The number of fused-ring (bicyclic) bond motifs is 1. The van der Waals surface area contributed by atoms with E-state index >= 15 is 0 Å². The molecule has 130 valence electrons. The molecule has 0 aliphatic carbocycles. The molecule has 0 fully saturated rings. The predicted molar refractivity (Wildman–Crippen MR) is 90.3 cm³/mol. The van der Waals surface area contributed by atoms with Gasteiger partial charge in [-0.25, -0.2) is 4.79 Å². The van der Waals surface area contributed by atoms with E-state index in [0.29, 0.717) is 41.8 Å². The Hall–Kier alpha value is -2.21. The molecule has 2 rings (SSSR count). The standard InChI is InChI=1S/C17H20ClNO5/c1-3-6-19-17(21)11(2)24-15(20)5-4-12-9-13(18)16-14(10-12)22-7-8-23-16/h4-5,9-11H,3,6-8H2,1-2H3,(H,19,21)/b5-4+/t11-/m1/s1. The summed E-state index contributed by atoms with van der Waals surface area (Å²) in [7, 11) is 0. The Morgan fingerprint density at radius 2 is 2.12 bits per heavy atom. The summed E-state index contributed by atoms with van der Waals surface area (Å²) in [5, 5.41) is 3.07. The zero-order valence-corrected chi connectivity index (χ0v) is 14.4. The molecule has 0 saturated heterocycles. The lowest BCUT2D eigenvalue weighted by atomic mass is 10.2. The maximum absolute atomic E-state index is 11.8. The molecule has 1 heterocycles. The molecule has 1 atom stereocenters. The van der Waals surface area contributed by atoms with Crippen molar-refractivity contribution in [3.05, 3.63) is 28.8 Å². The van der Waals surface area contributed by atoms with E-state index in [4.69, 9.17) is 25.8 Å². The summed E-state index contributed by atoms with van der Waals surface area (Å²) in [6.07, 6.45) is 2.75. The number of hydrogen-bond donors (Lipinski definition) is 1. The molecule has 0 saturated carbocycles. The molecule has 1 aromatic carbocycles. The second-order valence-corrected chi connectivity index (χ2v) is 5.64. The third-order valence-corrected chi connectivity index (χ3v) is 3.52. The van der Waals surface area contributed by atoms with Crippen molar-refractivity contribution in [3.63, 3.8) is 0 Å². The average Bonchev–Trinajstić information content (AvgIpc) is 2.57. The molecule has 1 aliphatic heterocycles. The van der Waals surface area contributed by atoms with Crippen molar-refractivity contribution in [2.45, 2.75) is 26.4 Å². The number of ether oxygens (including phenoxy) is 3. The molecule has 0 bridgehead atoms. The van der Waals surface area contributed by atoms with Crippen LogP contribution < -0.4 is 14.8 Å². The van der Waals surface area contributed by atoms with Gasteiger partial charge in [0.2, 0.25) is 0 Å². The van der Waals surface area contributed by atoms with Crippen LogP contribution in [0.25, 0.3) is 6.08 Å². The fraction of sp³-hybridized carbons (Fsp3) is 0.412. The smallest absolute Gasteiger partial charge is 0.331 e. The third kappa shape index (κ3) is 4.89. The number of esters is 1. The number of amides is 1. The lowest BCUT2D eigenvalue weighted by Crippen LogP contribution is -2.35. The predicted octanol–water partition coefficient (Wildman–Crippen LogP) is 2.58. The van der Waals surface area contributed by atoms with Gasteiger partial charge in [-0.2, -0.15) is 0 Å². The maximum Gasteiger partial charge on any atom is 0.331 e. The Bertz CT molecular complexity index is 644. The summed E-state index contributed by atoms with van der Waals surface area (Å²) in [4.78, 5) is 23.5. The van der Waals surface area contributed by atoms with Crippen LogP contribution in [0.15, 0.2) is 18.2 Å². The monoisotopic (exact) mass is 353 g/mol.